The summed E-state index contributed by atoms with van der Waals surface area (Å²) in [7, 11) is 0. The molecule has 0 spiro atoms. The van der Waals surface area contributed by atoms with Crippen LogP contribution in [-0.4, -0.2) is 11.9 Å². The third-order valence-electron chi connectivity index (χ3n) is 4.28. The maximum atomic E-state index is 14.2. The quantitative estimate of drug-likeness (QED) is 0.801. The van der Waals surface area contributed by atoms with Crippen molar-refractivity contribution in [2.45, 2.75) is 38.1 Å². The minimum absolute atomic E-state index is 0.0650. The van der Waals surface area contributed by atoms with E-state index in [0.717, 1.165) is 38.2 Å². The van der Waals surface area contributed by atoms with Gasteiger partial charge >= 0.3 is 0 Å². The molecule has 0 atom stereocenters. The molecule has 1 aliphatic carbocycles. The van der Waals surface area contributed by atoms with Crippen LogP contribution < -0.4 is 4.90 Å². The van der Waals surface area contributed by atoms with Crippen LogP contribution in [-0.2, 0) is 0 Å². The standard InChI is InChI=1S/C19H18F2NO/c20-15-11-12-18(17(21)13-15)22(16-9-5-2-6-10-16)19(23)14-7-3-1-4-8-14/h1,3-4,7-8,11-12,16H,2,5-6,9-10H2. The number of nitrogens with zero attached hydrogens (tertiary/aromatic N) is 1. The first-order valence-electron chi connectivity index (χ1n) is 7.93. The Labute approximate surface area is 134 Å². The fraction of sp³-hybridized carbons (Fsp3) is 0.316. The molecule has 0 aliphatic heterocycles. The first-order chi connectivity index (χ1) is 11.2. The second-order valence-corrected chi connectivity index (χ2v) is 5.84. The van der Waals surface area contributed by atoms with E-state index >= 15 is 0 Å². The molecule has 0 bridgehead atoms. The Morgan fingerprint density at radius 2 is 1.70 bits per heavy atom. The Kier molecular flexibility index (Phi) is 4.70. The predicted molar refractivity (Wildman–Crippen MR) is 85.3 cm³/mol. The van der Waals surface area contributed by atoms with Crippen LogP contribution in [0.4, 0.5) is 14.5 Å². The fourth-order valence-electron chi connectivity index (χ4n) is 3.15. The van der Waals surface area contributed by atoms with E-state index in [2.05, 4.69) is 0 Å². The van der Waals surface area contributed by atoms with Crippen LogP contribution in [0.3, 0.4) is 0 Å². The summed E-state index contributed by atoms with van der Waals surface area (Å²) in [4.78, 5) is 14.4. The lowest BCUT2D eigenvalue weighted by molar-refractivity contribution is 0.0969. The van der Waals surface area contributed by atoms with Crippen molar-refractivity contribution in [1.29, 1.82) is 0 Å². The number of benzene rings is 2. The van der Waals surface area contributed by atoms with Gasteiger partial charge in [-0.2, -0.15) is 0 Å². The Bertz CT molecular complexity index is 681. The summed E-state index contributed by atoms with van der Waals surface area (Å²) in [5.74, 6) is -1.83. The van der Waals surface area contributed by atoms with E-state index in [1.165, 1.54) is 11.0 Å². The van der Waals surface area contributed by atoms with Gasteiger partial charge in [0.05, 0.1) is 11.8 Å². The number of carbonyl (C=O) groups excluding carboxylic acids is 1. The molecule has 3 rings (SSSR count). The Morgan fingerprint density at radius 1 is 1.00 bits per heavy atom. The minimum Gasteiger partial charge on any atom is -0.302 e. The molecular formula is C19H18F2NO. The van der Waals surface area contributed by atoms with Gasteiger partial charge in [0.2, 0.25) is 0 Å². The lowest BCUT2D eigenvalue weighted by Gasteiger charge is -2.34. The van der Waals surface area contributed by atoms with Gasteiger partial charge in [-0.1, -0.05) is 37.5 Å². The maximum Gasteiger partial charge on any atom is 0.258 e. The average Bonchev–Trinajstić information content (AvgIpc) is 2.59. The number of carbonyl (C=O) groups is 1. The normalized spacial score (nSPS) is 15.4. The molecule has 0 heterocycles. The smallest absolute Gasteiger partial charge is 0.258 e. The van der Waals surface area contributed by atoms with Gasteiger partial charge in [-0.3, -0.25) is 4.79 Å². The third-order valence-corrected chi connectivity index (χ3v) is 4.28. The molecule has 0 N–H and O–H groups in total. The summed E-state index contributed by atoms with van der Waals surface area (Å²) < 4.78 is 27.4. The van der Waals surface area contributed by atoms with Crippen molar-refractivity contribution >= 4 is 11.6 Å². The molecule has 2 aromatic rings. The van der Waals surface area contributed by atoms with Crippen molar-refractivity contribution in [2.24, 2.45) is 0 Å². The van der Waals surface area contributed by atoms with Crippen LogP contribution in [0.1, 0.15) is 42.5 Å². The Hall–Kier alpha value is -2.23. The van der Waals surface area contributed by atoms with Crippen LogP contribution in [0, 0.1) is 17.7 Å². The summed E-state index contributed by atoms with van der Waals surface area (Å²) in [5, 5.41) is 0. The molecule has 0 saturated heterocycles. The van der Waals surface area contributed by atoms with Gasteiger partial charge in [-0.15, -0.1) is 0 Å². The van der Waals surface area contributed by atoms with Crippen LogP contribution in [0.5, 0.6) is 0 Å². The molecule has 4 heteroatoms. The zero-order valence-corrected chi connectivity index (χ0v) is 12.8. The van der Waals surface area contributed by atoms with Crippen molar-refractivity contribution in [3.63, 3.8) is 0 Å². The number of halogens is 2. The van der Waals surface area contributed by atoms with E-state index in [1.54, 1.807) is 24.3 Å². The highest BCUT2D eigenvalue weighted by molar-refractivity contribution is 6.06. The summed E-state index contributed by atoms with van der Waals surface area (Å²) in [6.45, 7) is 0. The van der Waals surface area contributed by atoms with Gasteiger partial charge in [0, 0.05) is 11.6 Å². The number of hydrogen-bond donors (Lipinski definition) is 0. The van der Waals surface area contributed by atoms with Crippen molar-refractivity contribution in [1.82, 2.24) is 0 Å². The molecule has 1 radical (unpaired) electrons. The highest BCUT2D eigenvalue weighted by Gasteiger charge is 2.29. The summed E-state index contributed by atoms with van der Waals surface area (Å²) in [6, 6.07) is 13.3. The molecule has 2 nitrogen and oxygen atoms in total. The van der Waals surface area contributed by atoms with Gasteiger partial charge in [-0.25, -0.2) is 8.78 Å². The molecule has 1 fully saturated rings. The largest absolute Gasteiger partial charge is 0.302 e. The summed E-state index contributed by atoms with van der Waals surface area (Å²) in [5.41, 5.74) is 0.606. The monoisotopic (exact) mass is 314 g/mol. The molecule has 0 aromatic heterocycles. The molecule has 2 aromatic carbocycles. The van der Waals surface area contributed by atoms with E-state index in [4.69, 9.17) is 0 Å². The SMILES string of the molecule is O=C(c1ccccc1)N(c1ccc(F)[c]c1F)C1CCCCC1. The fourth-order valence-corrected chi connectivity index (χ4v) is 3.15. The van der Waals surface area contributed by atoms with Crippen molar-refractivity contribution in [2.75, 3.05) is 4.90 Å². The van der Waals surface area contributed by atoms with E-state index in [1.807, 2.05) is 12.1 Å². The van der Waals surface area contributed by atoms with Crippen LogP contribution in [0.25, 0.3) is 0 Å². The molecule has 0 unspecified atom stereocenters. The van der Waals surface area contributed by atoms with Crippen molar-refractivity contribution in [3.8, 4) is 0 Å². The number of hydrogen-bond acceptors (Lipinski definition) is 1. The third kappa shape index (κ3) is 3.41. The Balaban J connectivity index is 2.01. The topological polar surface area (TPSA) is 20.3 Å². The molecule has 119 valence electrons. The van der Waals surface area contributed by atoms with Gasteiger partial charge in [0.25, 0.3) is 5.91 Å². The number of amides is 1. The van der Waals surface area contributed by atoms with Crippen molar-refractivity contribution in [3.05, 3.63) is 65.7 Å². The summed E-state index contributed by atoms with van der Waals surface area (Å²) >= 11 is 0. The number of anilines is 1. The minimum atomic E-state index is -0.820. The molecule has 1 amide bonds. The highest BCUT2D eigenvalue weighted by Crippen LogP contribution is 2.30. The average molecular weight is 314 g/mol. The zero-order valence-electron chi connectivity index (χ0n) is 12.8. The van der Waals surface area contributed by atoms with Gasteiger partial charge < -0.3 is 4.90 Å². The summed E-state index contributed by atoms with van der Waals surface area (Å²) in [6.07, 6.45) is 4.80. The van der Waals surface area contributed by atoms with Crippen LogP contribution in [0.15, 0.2) is 42.5 Å². The van der Waals surface area contributed by atoms with Crippen LogP contribution in [0.2, 0.25) is 0 Å². The Morgan fingerprint density at radius 3 is 2.35 bits per heavy atom. The second kappa shape index (κ2) is 6.90. The first-order valence-corrected chi connectivity index (χ1v) is 7.93. The molecule has 23 heavy (non-hydrogen) atoms. The van der Waals surface area contributed by atoms with Gasteiger partial charge in [0.15, 0.2) is 5.82 Å². The lowest BCUT2D eigenvalue weighted by Crippen LogP contribution is -2.42. The van der Waals surface area contributed by atoms with Crippen molar-refractivity contribution < 1.29 is 13.6 Å². The van der Waals surface area contributed by atoms with E-state index in [0.29, 0.717) is 5.56 Å². The predicted octanol–water partition coefficient (Wildman–Crippen LogP) is 4.74. The van der Waals surface area contributed by atoms with E-state index in [9.17, 15) is 13.6 Å². The lowest BCUT2D eigenvalue weighted by atomic mass is 9.93. The van der Waals surface area contributed by atoms with Crippen LogP contribution >= 0.6 is 0 Å². The van der Waals surface area contributed by atoms with E-state index < -0.39 is 11.6 Å². The maximum absolute atomic E-state index is 14.2. The molecule has 1 saturated carbocycles. The number of rotatable bonds is 3. The molecule has 1 aliphatic rings. The molecular weight excluding hydrogens is 296 g/mol. The van der Waals surface area contributed by atoms with Gasteiger partial charge in [0.1, 0.15) is 5.82 Å². The first kappa shape index (κ1) is 15.7. The highest BCUT2D eigenvalue weighted by atomic mass is 19.1. The zero-order chi connectivity index (χ0) is 16.2. The van der Waals surface area contributed by atoms with E-state index in [-0.39, 0.29) is 17.6 Å². The van der Waals surface area contributed by atoms with Gasteiger partial charge in [-0.05, 0) is 37.1 Å². The second-order valence-electron chi connectivity index (χ2n) is 5.84.